The van der Waals surface area contributed by atoms with Gasteiger partial charge < -0.3 is 30.6 Å². The SMILES string of the molecule is C[C@H]1c2c(c3ccc4c(c3n2O)C=CC(C)(C)O4)C(SCCNC(=O)CCNC(=O)[C@@H](O)C(C)(C)COP(=O)(O)OP(=O)(O)OCC2OC(n3cnc4c(N)ncnc43)C(O)C2OP(O)(O)(O)O)[C@@]23NC4(C(=O)C45CCCN5C2=O)C13. The minimum atomic E-state index is -6.91. The fraction of sp³-hybridized carbons (Fsp3) is 0.587. The Morgan fingerprint density at radius 2 is 1.80 bits per heavy atom. The number of anilines is 1. The average Bonchev–Trinajstić information content (AvgIpc) is 1.56. The number of phosphoric ester groups is 2. The molecule has 35 heteroatoms. The maximum Gasteiger partial charge on any atom is 0.245 e. The Balaban J connectivity index is 0.678. The van der Waals surface area contributed by atoms with Crippen molar-refractivity contribution in [3.8, 4) is 5.75 Å². The van der Waals surface area contributed by atoms with Gasteiger partial charge in [0.2, 0.25) is 17.7 Å². The largest absolute Gasteiger partial charge is 0.326 e. The van der Waals surface area contributed by atoms with E-state index in [1.165, 1.54) is 30.3 Å². The quantitative estimate of drug-likeness (QED) is 0.0315. The van der Waals surface area contributed by atoms with Crippen LogP contribution in [0.1, 0.15) is 88.1 Å². The fourth-order valence-electron chi connectivity index (χ4n) is 12.9. The van der Waals surface area contributed by atoms with Crippen LogP contribution in [0.4, 0.5) is 5.82 Å². The Bertz CT molecular complexity index is 3460. The van der Waals surface area contributed by atoms with Gasteiger partial charge >= 0.3 is 208 Å². The number of nitrogens with zero attached hydrogens (tertiary/aromatic N) is 6. The van der Waals surface area contributed by atoms with Gasteiger partial charge in [0.1, 0.15) is 28.0 Å². The smallest absolute Gasteiger partial charge is 0.245 e. The summed E-state index contributed by atoms with van der Waals surface area (Å²) in [6, 6.07) is 3.73. The van der Waals surface area contributed by atoms with Gasteiger partial charge in [-0.05, 0) is 51.0 Å². The van der Waals surface area contributed by atoms with Crippen LogP contribution < -0.4 is 26.4 Å². The molecule has 6 aliphatic heterocycles. The number of carbonyl (C=O) groups excluding carboxylic acids is 4. The van der Waals surface area contributed by atoms with Gasteiger partial charge in [-0.1, -0.05) is 6.92 Å². The van der Waals surface area contributed by atoms with E-state index >= 15 is 0 Å². The summed E-state index contributed by atoms with van der Waals surface area (Å²) >= 11 is 1.42. The molecule has 81 heavy (non-hydrogen) atoms. The van der Waals surface area contributed by atoms with Crippen LogP contribution in [-0.4, -0.2) is 183 Å². The van der Waals surface area contributed by atoms with Crippen LogP contribution in [0.2, 0.25) is 0 Å². The van der Waals surface area contributed by atoms with Crippen molar-refractivity contribution >= 4 is 92.6 Å². The number of phosphoric acid groups is 2. The molecule has 9 heterocycles. The average molecular weight is 1220 g/mol. The van der Waals surface area contributed by atoms with Gasteiger partial charge in [0.05, 0.1) is 16.5 Å². The van der Waals surface area contributed by atoms with Crippen LogP contribution in [0, 0.1) is 11.3 Å². The predicted molar refractivity (Wildman–Crippen MR) is 281 cm³/mol. The molecule has 31 nitrogen and oxygen atoms in total. The Morgan fingerprint density at radius 1 is 1.07 bits per heavy atom. The summed E-state index contributed by atoms with van der Waals surface area (Å²) in [4.78, 5) is 128. The topological polar surface area (TPSA) is 454 Å². The molecule has 442 valence electrons. The van der Waals surface area contributed by atoms with Crippen LogP contribution in [0.3, 0.4) is 0 Å². The first-order valence-corrected chi connectivity index (χ1v) is 31.6. The molecule has 2 aliphatic carbocycles. The molecule has 6 fully saturated rings. The maximum absolute atomic E-state index is 14.9. The molecule has 0 radical (unpaired) electrons. The number of nitrogens with two attached hydrogens (primary N) is 1. The summed E-state index contributed by atoms with van der Waals surface area (Å²) in [6.07, 6.45) is -2.77. The molecule has 1 aromatic carbocycles. The Morgan fingerprint density at radius 3 is 2.53 bits per heavy atom. The molecule has 3 aromatic heterocycles. The van der Waals surface area contributed by atoms with Crippen molar-refractivity contribution in [3.63, 3.8) is 0 Å². The van der Waals surface area contributed by atoms with E-state index in [1.807, 2.05) is 45.1 Å². The van der Waals surface area contributed by atoms with Gasteiger partial charge in [0.15, 0.2) is 5.78 Å². The van der Waals surface area contributed by atoms with Crippen LogP contribution in [0.5, 0.6) is 5.75 Å². The van der Waals surface area contributed by atoms with Crippen molar-refractivity contribution in [1.29, 1.82) is 0 Å². The molecule has 2 bridgehead atoms. The van der Waals surface area contributed by atoms with E-state index in [1.54, 1.807) is 4.90 Å². The van der Waals surface area contributed by atoms with Crippen molar-refractivity contribution in [2.45, 2.75) is 118 Å². The predicted octanol–water partition coefficient (Wildman–Crippen LogP) is 0.0320. The number of nitrogen functional groups attached to an aromatic ring is 1. The van der Waals surface area contributed by atoms with E-state index in [0.717, 1.165) is 28.2 Å². The number of hydrogen-bond acceptors (Lipinski definition) is 25. The number of amides is 3. The van der Waals surface area contributed by atoms with Crippen molar-refractivity contribution < 1.29 is 100 Å². The van der Waals surface area contributed by atoms with Crippen molar-refractivity contribution in [2.24, 2.45) is 11.3 Å². The number of benzene rings is 1. The molecule has 8 aliphatic rings. The van der Waals surface area contributed by atoms with Crippen molar-refractivity contribution in [2.75, 3.05) is 44.3 Å². The number of ketones is 1. The Labute approximate surface area is 463 Å². The van der Waals surface area contributed by atoms with E-state index in [4.69, 9.17) is 24.3 Å². The Kier molecular flexibility index (Phi) is 13.7. The second kappa shape index (κ2) is 19.1. The van der Waals surface area contributed by atoms with E-state index in [2.05, 4.69) is 39.7 Å². The number of hydrogen-bond donors (Lipinski definition) is 13. The zero-order chi connectivity index (χ0) is 58.6. The zero-order valence-corrected chi connectivity index (χ0v) is 47.4. The van der Waals surface area contributed by atoms with E-state index in [9.17, 15) is 73.1 Å². The molecule has 4 aromatic rings. The van der Waals surface area contributed by atoms with Gasteiger partial charge in [-0.3, -0.25) is 24.5 Å². The number of thioether (sulfide) groups is 1. The van der Waals surface area contributed by atoms with Gasteiger partial charge in [-0.15, -0.1) is 11.8 Å². The third-order valence-corrected chi connectivity index (χ3v) is 20.9. The first kappa shape index (κ1) is 58.0. The molecule has 3 amide bonds. The van der Waals surface area contributed by atoms with Gasteiger partial charge in [0, 0.05) is 60.2 Å². The molecular weight excluding hydrogens is 1150 g/mol. The van der Waals surface area contributed by atoms with E-state index in [-0.39, 0.29) is 53.9 Å². The summed E-state index contributed by atoms with van der Waals surface area (Å²) in [7, 11) is -18.2. The number of fused-ring (bicyclic) bond motifs is 6. The van der Waals surface area contributed by atoms with Gasteiger partial charge in [-0.2, -0.15) is 4.73 Å². The number of Topliss-reactive ketones (excluding diaryl/α,β-unsaturated/α-hetero) is 1. The Hall–Kier alpha value is -4.79. The summed E-state index contributed by atoms with van der Waals surface area (Å²) in [5.41, 5.74) is 3.05. The number of piperazine rings is 1. The van der Waals surface area contributed by atoms with Crippen molar-refractivity contribution in [1.82, 2.24) is 45.1 Å². The molecule has 13 atom stereocenters. The van der Waals surface area contributed by atoms with Gasteiger partial charge in [0.25, 0.3) is 0 Å². The molecule has 1 saturated carbocycles. The summed E-state index contributed by atoms with van der Waals surface area (Å²) < 4.78 is 58.6. The van der Waals surface area contributed by atoms with Crippen LogP contribution in [-0.2, 0) is 50.9 Å². The second-order valence-electron chi connectivity index (χ2n) is 22.5. The molecule has 14 N–H and O–H groups in total. The molecule has 5 saturated heterocycles. The summed E-state index contributed by atoms with van der Waals surface area (Å²) in [6.45, 7) is 6.38. The molecule has 12 rings (SSSR count). The van der Waals surface area contributed by atoms with E-state index < -0.39 is 124 Å². The number of aromatic nitrogens is 5. The van der Waals surface area contributed by atoms with Crippen LogP contribution in [0.15, 0.2) is 30.9 Å². The summed E-state index contributed by atoms with van der Waals surface area (Å²) in [5.74, 6) is -1.74. The van der Waals surface area contributed by atoms with Crippen molar-refractivity contribution in [3.05, 3.63) is 47.7 Å². The number of piperidine rings is 1. The minimum Gasteiger partial charge on any atom is -0.326 e. The maximum atomic E-state index is 14.9. The normalized spacial score (nSPS) is 32.0. The number of rotatable bonds is 20. The number of aliphatic hydroxyl groups is 2. The first-order chi connectivity index (χ1) is 37.7. The number of ether oxygens (including phenoxy) is 2. The second-order valence-corrected chi connectivity index (χ2v) is 28.7. The third kappa shape index (κ3) is 9.30. The molecule has 10 unspecified atom stereocenters. The van der Waals surface area contributed by atoms with E-state index in [0.29, 0.717) is 41.9 Å². The van der Waals surface area contributed by atoms with Crippen LogP contribution >= 0.6 is 35.1 Å². The number of nitrogens with one attached hydrogen (secondary N) is 3. The molecular formula is C46H61N10O21P3S. The number of carbonyl (C=O) groups is 4. The van der Waals surface area contributed by atoms with Gasteiger partial charge in [-0.25, -0.2) is 0 Å². The minimum absolute atomic E-state index is 0.00139. The fourth-order valence-corrected chi connectivity index (χ4v) is 17.3. The number of imidazole rings is 1. The summed E-state index contributed by atoms with van der Waals surface area (Å²) in [5, 5.41) is 43.0. The first-order valence-electron chi connectivity index (χ1n) is 25.6. The number of aliphatic hydroxyl groups excluding tert-OH is 2. The monoisotopic (exact) mass is 1210 g/mol. The standard InChI is InChI=1S/C46H61N10O21P3S/c1-21-29-27(23-7-8-24-22(30(23)56(29)63)9-12-43(4,5)75-24)35(45-33(21)46(53-45)40(61)44(46)11-6-15-55(44)41(45)62)81-16-14-48-26(57)10-13-49-38(60)34(59)42(2,3)18-73-79(66,67)77-78(64,65)72-17-25-32(76-80(68,69,70)71)31(58)39(74-25)54-20-52-28-36(47)50-19-51-37(28)54/h7-9,12,19-21,25,31-35,39,53,58-59,63,68-71H,6,10-11,13-18H2,1-5H3,(H,48,57)(H,49,60)(H,64,65)(H,66,67)(H2,47,50,51)/t21-,25?,31?,32?,33?,34+,35?,39?,44?,45+,46?/m0/s1. The molecule has 3 spiro atoms. The third-order valence-electron chi connectivity index (χ3n) is 16.3. The zero-order valence-electron chi connectivity index (χ0n) is 43.9. The van der Waals surface area contributed by atoms with Crippen LogP contribution in [0.25, 0.3) is 28.1 Å².